The zero-order valence-corrected chi connectivity index (χ0v) is 9.77. The van der Waals surface area contributed by atoms with Gasteiger partial charge >= 0.3 is 5.97 Å². The number of hydrogen-bond donors (Lipinski definition) is 2. The zero-order chi connectivity index (χ0) is 12.8. The third-order valence-electron chi connectivity index (χ3n) is 2.11. The van der Waals surface area contributed by atoms with Gasteiger partial charge in [0.25, 0.3) is 0 Å². The number of carbonyl (C=O) groups excluding carboxylic acids is 1. The summed E-state index contributed by atoms with van der Waals surface area (Å²) in [5.74, 6) is -0.299. The monoisotopic (exact) mass is 241 g/mol. The molecule has 1 amide bonds. The van der Waals surface area contributed by atoms with Crippen molar-refractivity contribution in [1.29, 1.82) is 0 Å². The van der Waals surface area contributed by atoms with Crippen molar-refractivity contribution in [2.45, 2.75) is 39.2 Å². The average molecular weight is 241 g/mol. The Labute approximate surface area is 98.2 Å². The second-order valence-electron chi connectivity index (χ2n) is 3.72. The first-order valence-corrected chi connectivity index (χ1v) is 5.30. The SMILES string of the molecule is Cc1noc(CCCC(=O)NC(C)C(=O)O)n1. The molecule has 2 N–H and O–H groups in total. The molecule has 0 saturated carbocycles. The molecule has 0 saturated heterocycles. The number of amides is 1. The van der Waals surface area contributed by atoms with Crippen LogP contribution in [0.1, 0.15) is 31.5 Å². The lowest BCUT2D eigenvalue weighted by Gasteiger charge is -2.08. The number of nitrogens with one attached hydrogen (secondary N) is 1. The van der Waals surface area contributed by atoms with Crippen molar-refractivity contribution >= 4 is 11.9 Å². The second-order valence-corrected chi connectivity index (χ2v) is 3.72. The Hall–Kier alpha value is -1.92. The third kappa shape index (κ3) is 4.62. The number of carboxylic acids is 1. The number of carboxylic acid groups (broad SMARTS) is 1. The van der Waals surface area contributed by atoms with Crippen molar-refractivity contribution in [3.63, 3.8) is 0 Å². The van der Waals surface area contributed by atoms with Crippen LogP contribution in [0.5, 0.6) is 0 Å². The fourth-order valence-corrected chi connectivity index (χ4v) is 1.22. The highest BCUT2D eigenvalue weighted by Gasteiger charge is 2.13. The van der Waals surface area contributed by atoms with Crippen molar-refractivity contribution < 1.29 is 19.2 Å². The van der Waals surface area contributed by atoms with Crippen LogP contribution in [0.3, 0.4) is 0 Å². The number of aryl methyl sites for hydroxylation is 2. The minimum absolute atomic E-state index is 0.235. The quantitative estimate of drug-likeness (QED) is 0.741. The Morgan fingerprint density at radius 2 is 2.24 bits per heavy atom. The fraction of sp³-hybridized carbons (Fsp3) is 0.600. The summed E-state index contributed by atoms with van der Waals surface area (Å²) in [5.41, 5.74) is 0. The number of carbonyl (C=O) groups is 2. The largest absolute Gasteiger partial charge is 0.480 e. The fourth-order valence-electron chi connectivity index (χ4n) is 1.22. The molecule has 1 unspecified atom stereocenters. The molecule has 0 aliphatic rings. The Morgan fingerprint density at radius 3 is 2.76 bits per heavy atom. The predicted octanol–water partition coefficient (Wildman–Crippen LogP) is 0.290. The predicted molar refractivity (Wildman–Crippen MR) is 57.2 cm³/mol. The van der Waals surface area contributed by atoms with E-state index in [0.29, 0.717) is 24.6 Å². The summed E-state index contributed by atoms with van der Waals surface area (Å²) in [7, 11) is 0. The van der Waals surface area contributed by atoms with E-state index in [1.54, 1.807) is 6.92 Å². The van der Waals surface area contributed by atoms with Gasteiger partial charge in [-0.25, -0.2) is 0 Å². The Morgan fingerprint density at radius 1 is 1.53 bits per heavy atom. The van der Waals surface area contributed by atoms with E-state index in [0.717, 1.165) is 0 Å². The average Bonchev–Trinajstić information content (AvgIpc) is 2.64. The first-order valence-electron chi connectivity index (χ1n) is 5.30. The molecule has 7 nitrogen and oxygen atoms in total. The molecule has 1 rings (SSSR count). The second kappa shape index (κ2) is 5.97. The molecule has 94 valence electrons. The smallest absolute Gasteiger partial charge is 0.325 e. The summed E-state index contributed by atoms with van der Waals surface area (Å²) in [6.45, 7) is 3.13. The third-order valence-corrected chi connectivity index (χ3v) is 2.11. The molecule has 7 heteroatoms. The lowest BCUT2D eigenvalue weighted by atomic mass is 10.2. The van der Waals surface area contributed by atoms with Gasteiger partial charge in [-0.1, -0.05) is 5.16 Å². The summed E-state index contributed by atoms with van der Waals surface area (Å²) in [5, 5.41) is 14.6. The van der Waals surface area contributed by atoms with Crippen LogP contribution in [0, 0.1) is 6.92 Å². The maximum Gasteiger partial charge on any atom is 0.325 e. The van der Waals surface area contributed by atoms with E-state index in [4.69, 9.17) is 9.63 Å². The van der Waals surface area contributed by atoms with Crippen LogP contribution in [-0.2, 0) is 16.0 Å². The van der Waals surface area contributed by atoms with Crippen molar-refractivity contribution in [2.75, 3.05) is 0 Å². The summed E-state index contributed by atoms with van der Waals surface area (Å²) < 4.78 is 4.88. The van der Waals surface area contributed by atoms with Crippen LogP contribution in [0.2, 0.25) is 0 Å². The minimum Gasteiger partial charge on any atom is -0.480 e. The van der Waals surface area contributed by atoms with Gasteiger partial charge in [-0.15, -0.1) is 0 Å². The van der Waals surface area contributed by atoms with Gasteiger partial charge in [-0.3, -0.25) is 9.59 Å². The molecule has 1 aromatic rings. The molecule has 17 heavy (non-hydrogen) atoms. The molecule has 0 spiro atoms. The molecule has 0 aliphatic heterocycles. The lowest BCUT2D eigenvalue weighted by Crippen LogP contribution is -2.38. The number of nitrogens with zero attached hydrogens (tertiary/aromatic N) is 2. The highest BCUT2D eigenvalue weighted by atomic mass is 16.5. The molecule has 0 aliphatic carbocycles. The van der Waals surface area contributed by atoms with Gasteiger partial charge in [0.05, 0.1) is 0 Å². The van der Waals surface area contributed by atoms with Crippen molar-refractivity contribution in [2.24, 2.45) is 0 Å². The van der Waals surface area contributed by atoms with Crippen molar-refractivity contribution in [3.05, 3.63) is 11.7 Å². The first-order chi connectivity index (χ1) is 7.99. The Kier molecular flexibility index (Phi) is 4.62. The maximum absolute atomic E-state index is 11.3. The zero-order valence-electron chi connectivity index (χ0n) is 9.77. The van der Waals surface area contributed by atoms with Crippen LogP contribution >= 0.6 is 0 Å². The standard InChI is InChI=1S/C10H15N3O4/c1-6(10(15)16)11-8(14)4-3-5-9-12-7(2)13-17-9/h6H,3-5H2,1-2H3,(H,11,14)(H,15,16). The summed E-state index contributed by atoms with van der Waals surface area (Å²) in [4.78, 5) is 25.8. The van der Waals surface area contributed by atoms with Gasteiger partial charge in [0.15, 0.2) is 5.82 Å². The summed E-state index contributed by atoms with van der Waals surface area (Å²) in [6.07, 6.45) is 1.29. The van der Waals surface area contributed by atoms with E-state index in [1.165, 1.54) is 6.92 Å². The van der Waals surface area contributed by atoms with E-state index in [1.807, 2.05) is 0 Å². The maximum atomic E-state index is 11.3. The molecule has 0 radical (unpaired) electrons. The molecule has 1 heterocycles. The van der Waals surface area contributed by atoms with Gasteiger partial charge in [0.1, 0.15) is 6.04 Å². The van der Waals surface area contributed by atoms with Crippen molar-refractivity contribution in [1.82, 2.24) is 15.5 Å². The van der Waals surface area contributed by atoms with E-state index in [9.17, 15) is 9.59 Å². The highest BCUT2D eigenvalue weighted by molar-refractivity contribution is 5.83. The molecule has 1 atom stereocenters. The summed E-state index contributed by atoms with van der Waals surface area (Å²) in [6, 6.07) is -0.867. The van der Waals surface area contributed by atoms with Crippen LogP contribution < -0.4 is 5.32 Å². The minimum atomic E-state index is -1.05. The number of rotatable bonds is 6. The molecular weight excluding hydrogens is 226 g/mol. The van der Waals surface area contributed by atoms with Crippen LogP contribution in [-0.4, -0.2) is 33.2 Å². The van der Waals surface area contributed by atoms with Gasteiger partial charge < -0.3 is 14.9 Å². The molecule has 0 fully saturated rings. The Bertz CT molecular complexity index is 402. The summed E-state index contributed by atoms with van der Waals surface area (Å²) >= 11 is 0. The van der Waals surface area contributed by atoms with E-state index < -0.39 is 12.0 Å². The molecular formula is C10H15N3O4. The molecule has 0 bridgehead atoms. The van der Waals surface area contributed by atoms with Gasteiger partial charge in [-0.05, 0) is 20.3 Å². The van der Waals surface area contributed by atoms with Gasteiger partial charge in [0, 0.05) is 12.8 Å². The van der Waals surface area contributed by atoms with Crippen LogP contribution in [0.25, 0.3) is 0 Å². The normalized spacial score (nSPS) is 12.1. The Balaban J connectivity index is 2.22. The van der Waals surface area contributed by atoms with Gasteiger partial charge in [-0.2, -0.15) is 4.98 Å². The number of aliphatic carboxylic acids is 1. The van der Waals surface area contributed by atoms with E-state index >= 15 is 0 Å². The molecule has 1 aromatic heterocycles. The lowest BCUT2D eigenvalue weighted by molar-refractivity contribution is -0.141. The van der Waals surface area contributed by atoms with Gasteiger partial charge in [0.2, 0.25) is 11.8 Å². The molecule has 0 aromatic carbocycles. The van der Waals surface area contributed by atoms with E-state index in [2.05, 4.69) is 15.5 Å². The van der Waals surface area contributed by atoms with Crippen LogP contribution in [0.4, 0.5) is 0 Å². The first kappa shape index (κ1) is 13.1. The van der Waals surface area contributed by atoms with Crippen LogP contribution in [0.15, 0.2) is 4.52 Å². The topological polar surface area (TPSA) is 105 Å². The highest BCUT2D eigenvalue weighted by Crippen LogP contribution is 2.02. The van der Waals surface area contributed by atoms with Crippen molar-refractivity contribution in [3.8, 4) is 0 Å². The van der Waals surface area contributed by atoms with E-state index in [-0.39, 0.29) is 12.3 Å². The number of aromatic nitrogens is 2. The number of hydrogen-bond acceptors (Lipinski definition) is 5.